The summed E-state index contributed by atoms with van der Waals surface area (Å²) < 4.78 is 5.16. The Kier molecular flexibility index (Phi) is 1.25. The summed E-state index contributed by atoms with van der Waals surface area (Å²) in [6.07, 6.45) is 3.24. The quantitative estimate of drug-likeness (QED) is 0.592. The molecule has 0 aliphatic carbocycles. The van der Waals surface area contributed by atoms with E-state index in [0.29, 0.717) is 23.9 Å². The van der Waals surface area contributed by atoms with E-state index in [4.69, 9.17) is 10.5 Å². The number of hydrogen-bond acceptors (Lipinski definition) is 4. The minimum absolute atomic E-state index is 0.490. The molecule has 4 nitrogen and oxygen atoms in total. The number of hydrogen-bond donors (Lipinski definition) is 1. The Morgan fingerprint density at radius 2 is 2.45 bits per heavy atom. The third kappa shape index (κ3) is 1.02. The molecule has 0 saturated carbocycles. The summed E-state index contributed by atoms with van der Waals surface area (Å²) >= 11 is 0. The second-order valence-electron chi connectivity index (χ2n) is 2.22. The van der Waals surface area contributed by atoms with Crippen molar-refractivity contribution in [3.63, 3.8) is 0 Å². The first-order valence-electron chi connectivity index (χ1n) is 3.27. The van der Waals surface area contributed by atoms with Gasteiger partial charge < -0.3 is 10.5 Å². The summed E-state index contributed by atoms with van der Waals surface area (Å²) in [5.74, 6) is 0.557. The van der Waals surface area contributed by atoms with E-state index < -0.39 is 0 Å². The van der Waals surface area contributed by atoms with Gasteiger partial charge in [-0.05, 0) is 6.07 Å². The fourth-order valence-electron chi connectivity index (χ4n) is 0.912. The van der Waals surface area contributed by atoms with E-state index in [1.165, 1.54) is 0 Å². The molecular weight excluding hydrogens is 142 g/mol. The average Bonchev–Trinajstić information content (AvgIpc) is 2.04. The lowest BCUT2D eigenvalue weighted by molar-refractivity contribution is 0.362. The largest absolute Gasteiger partial charge is 0.470 e. The molecule has 0 spiro atoms. The number of nitrogen functional groups attached to an aromatic ring is 1. The fourth-order valence-corrected chi connectivity index (χ4v) is 0.912. The van der Waals surface area contributed by atoms with Crippen LogP contribution in [-0.2, 0) is 0 Å². The predicted molar refractivity (Wildman–Crippen MR) is 42.3 cm³/mol. The zero-order valence-electron chi connectivity index (χ0n) is 5.82. The van der Waals surface area contributed by atoms with Crippen LogP contribution in [0.1, 0.15) is 0 Å². The van der Waals surface area contributed by atoms with Crippen molar-refractivity contribution in [3.05, 3.63) is 12.3 Å². The van der Waals surface area contributed by atoms with Crippen molar-refractivity contribution in [1.82, 2.24) is 4.98 Å². The number of nitrogens with zero attached hydrogens (tertiary/aromatic N) is 2. The molecule has 2 rings (SSSR count). The number of ether oxygens (including phenoxy) is 1. The summed E-state index contributed by atoms with van der Waals surface area (Å²) in [4.78, 5) is 8.02. The van der Waals surface area contributed by atoms with E-state index in [9.17, 15) is 0 Å². The Bertz CT molecular complexity index is 309. The highest BCUT2D eigenvalue weighted by molar-refractivity contribution is 5.71. The average molecular weight is 149 g/mol. The normalized spacial score (nSPS) is 13.8. The molecule has 0 fully saturated rings. The summed E-state index contributed by atoms with van der Waals surface area (Å²) in [7, 11) is 0. The Morgan fingerprint density at radius 1 is 1.55 bits per heavy atom. The van der Waals surface area contributed by atoms with Gasteiger partial charge >= 0.3 is 0 Å². The maximum atomic E-state index is 5.49. The van der Waals surface area contributed by atoms with Crippen molar-refractivity contribution in [1.29, 1.82) is 0 Å². The summed E-state index contributed by atoms with van der Waals surface area (Å²) in [6, 6.07) is 1.73. The van der Waals surface area contributed by atoms with Crippen molar-refractivity contribution in [2.45, 2.75) is 0 Å². The first-order chi connectivity index (χ1) is 5.36. The molecule has 11 heavy (non-hydrogen) atoms. The molecule has 1 aliphatic heterocycles. The molecule has 0 radical (unpaired) electrons. The maximum Gasteiger partial charge on any atom is 0.240 e. The minimum Gasteiger partial charge on any atom is -0.470 e. The van der Waals surface area contributed by atoms with Gasteiger partial charge in [0.1, 0.15) is 12.3 Å². The van der Waals surface area contributed by atoms with Gasteiger partial charge in [0, 0.05) is 6.21 Å². The maximum absolute atomic E-state index is 5.49. The molecule has 56 valence electrons. The standard InChI is InChI=1S/C7H7N3O/c8-5-3-6-7(10-4-5)11-2-1-9-6/h1,3-4H,2,8H2. The van der Waals surface area contributed by atoms with Crippen LogP contribution < -0.4 is 10.5 Å². The Balaban J connectivity index is 2.54. The van der Waals surface area contributed by atoms with E-state index in [0.717, 1.165) is 0 Å². The molecule has 0 unspecified atom stereocenters. The van der Waals surface area contributed by atoms with Crippen LogP contribution >= 0.6 is 0 Å². The highest BCUT2D eigenvalue weighted by Crippen LogP contribution is 2.27. The molecule has 2 N–H and O–H groups in total. The Hall–Kier alpha value is -1.58. The van der Waals surface area contributed by atoms with Crippen LogP contribution in [0.5, 0.6) is 5.88 Å². The van der Waals surface area contributed by atoms with Gasteiger partial charge in [-0.2, -0.15) is 0 Å². The van der Waals surface area contributed by atoms with Gasteiger partial charge in [0.25, 0.3) is 0 Å². The number of fused-ring (bicyclic) bond motifs is 1. The highest BCUT2D eigenvalue weighted by atomic mass is 16.5. The first kappa shape index (κ1) is 6.15. The topological polar surface area (TPSA) is 60.5 Å². The van der Waals surface area contributed by atoms with Crippen molar-refractivity contribution in [2.24, 2.45) is 4.99 Å². The number of anilines is 1. The molecular formula is C7H7N3O. The van der Waals surface area contributed by atoms with E-state index in [1.54, 1.807) is 18.5 Å². The summed E-state index contributed by atoms with van der Waals surface area (Å²) in [6.45, 7) is 0.490. The molecule has 1 aliphatic rings. The molecule has 1 aromatic rings. The monoisotopic (exact) mass is 149 g/mol. The van der Waals surface area contributed by atoms with Crippen LogP contribution in [0.2, 0.25) is 0 Å². The van der Waals surface area contributed by atoms with E-state index in [1.807, 2.05) is 0 Å². The van der Waals surface area contributed by atoms with Crippen LogP contribution in [0.4, 0.5) is 11.4 Å². The molecule has 0 amide bonds. The molecule has 1 aromatic heterocycles. The van der Waals surface area contributed by atoms with Crippen molar-refractivity contribution < 1.29 is 4.74 Å². The second-order valence-corrected chi connectivity index (χ2v) is 2.22. The van der Waals surface area contributed by atoms with Gasteiger partial charge in [-0.15, -0.1) is 0 Å². The lowest BCUT2D eigenvalue weighted by atomic mass is 10.3. The second kappa shape index (κ2) is 2.23. The molecule has 0 aromatic carbocycles. The zero-order valence-corrected chi connectivity index (χ0v) is 5.82. The molecule has 4 heteroatoms. The third-order valence-electron chi connectivity index (χ3n) is 1.38. The van der Waals surface area contributed by atoms with E-state index >= 15 is 0 Å². The number of aliphatic imine (C=N–C) groups is 1. The fraction of sp³-hybridized carbons (Fsp3) is 0.143. The van der Waals surface area contributed by atoms with E-state index in [2.05, 4.69) is 9.98 Å². The van der Waals surface area contributed by atoms with Crippen LogP contribution in [-0.4, -0.2) is 17.8 Å². The van der Waals surface area contributed by atoms with Gasteiger partial charge in [0.2, 0.25) is 5.88 Å². The number of aromatic nitrogens is 1. The summed E-state index contributed by atoms with van der Waals surface area (Å²) in [5.41, 5.74) is 6.80. The minimum atomic E-state index is 0.490. The smallest absolute Gasteiger partial charge is 0.240 e. The van der Waals surface area contributed by atoms with Gasteiger partial charge in [0.05, 0.1) is 11.9 Å². The van der Waals surface area contributed by atoms with Crippen LogP contribution in [0.25, 0.3) is 0 Å². The summed E-state index contributed by atoms with van der Waals surface area (Å²) in [5, 5.41) is 0. The molecule has 0 atom stereocenters. The first-order valence-corrected chi connectivity index (χ1v) is 3.27. The lowest BCUT2D eigenvalue weighted by Gasteiger charge is -2.09. The number of nitrogens with two attached hydrogens (primary N) is 1. The zero-order chi connectivity index (χ0) is 7.68. The number of pyridine rings is 1. The highest BCUT2D eigenvalue weighted by Gasteiger charge is 2.06. The molecule has 2 heterocycles. The van der Waals surface area contributed by atoms with Crippen molar-refractivity contribution in [2.75, 3.05) is 12.3 Å². The Morgan fingerprint density at radius 3 is 3.36 bits per heavy atom. The third-order valence-corrected chi connectivity index (χ3v) is 1.38. The van der Waals surface area contributed by atoms with Gasteiger partial charge in [-0.3, -0.25) is 4.99 Å². The SMILES string of the molecule is Nc1cnc2c(c1)N=CCO2. The van der Waals surface area contributed by atoms with E-state index in [-0.39, 0.29) is 0 Å². The van der Waals surface area contributed by atoms with Crippen LogP contribution in [0.15, 0.2) is 17.3 Å². The Labute approximate surface area is 63.7 Å². The van der Waals surface area contributed by atoms with Crippen LogP contribution in [0, 0.1) is 0 Å². The molecule has 0 bridgehead atoms. The number of rotatable bonds is 0. The lowest BCUT2D eigenvalue weighted by Crippen LogP contribution is -2.04. The van der Waals surface area contributed by atoms with Crippen molar-refractivity contribution in [3.8, 4) is 5.88 Å². The van der Waals surface area contributed by atoms with Gasteiger partial charge in [-0.1, -0.05) is 0 Å². The molecule has 0 saturated heterocycles. The van der Waals surface area contributed by atoms with Gasteiger partial charge in [0.15, 0.2) is 0 Å². The van der Waals surface area contributed by atoms with Crippen molar-refractivity contribution >= 4 is 17.6 Å². The predicted octanol–water partition coefficient (Wildman–Crippen LogP) is 0.759. The van der Waals surface area contributed by atoms with Gasteiger partial charge in [-0.25, -0.2) is 4.98 Å². The van der Waals surface area contributed by atoms with Crippen LogP contribution in [0.3, 0.4) is 0 Å².